The first-order valence-corrected chi connectivity index (χ1v) is 10.6. The average Bonchev–Trinajstić information content (AvgIpc) is 3.03. The van der Waals surface area contributed by atoms with Crippen LogP contribution in [-0.2, 0) is 16.0 Å². The SMILES string of the molecule is COc1ccc(CCN2C(=O)C(c3ccccc3)=C(N3CCCC(C)C3)C2=O)cc1. The molecule has 4 rings (SSSR count). The van der Waals surface area contributed by atoms with E-state index in [0.29, 0.717) is 30.2 Å². The lowest BCUT2D eigenvalue weighted by Gasteiger charge is -2.33. The minimum Gasteiger partial charge on any atom is -0.497 e. The zero-order valence-electron chi connectivity index (χ0n) is 17.6. The number of hydrogen-bond acceptors (Lipinski definition) is 4. The summed E-state index contributed by atoms with van der Waals surface area (Å²) in [5.74, 6) is 0.954. The molecule has 1 saturated heterocycles. The number of benzene rings is 2. The smallest absolute Gasteiger partial charge is 0.277 e. The number of carbonyl (C=O) groups is 2. The Morgan fingerprint density at radius 2 is 1.73 bits per heavy atom. The van der Waals surface area contributed by atoms with Crippen molar-refractivity contribution >= 4 is 17.4 Å². The summed E-state index contributed by atoms with van der Waals surface area (Å²) in [6, 6.07) is 17.3. The molecular weight excluding hydrogens is 376 g/mol. The van der Waals surface area contributed by atoms with Gasteiger partial charge in [-0.2, -0.15) is 0 Å². The Bertz CT molecular complexity index is 950. The fourth-order valence-electron chi connectivity index (χ4n) is 4.35. The first-order chi connectivity index (χ1) is 14.6. The fraction of sp³-hybridized carbons (Fsp3) is 0.360. The normalized spacial score (nSPS) is 19.6. The molecule has 1 unspecified atom stereocenters. The van der Waals surface area contributed by atoms with Gasteiger partial charge in [-0.1, -0.05) is 49.4 Å². The Balaban J connectivity index is 1.60. The van der Waals surface area contributed by atoms with Gasteiger partial charge in [-0.3, -0.25) is 14.5 Å². The highest BCUT2D eigenvalue weighted by atomic mass is 16.5. The van der Waals surface area contributed by atoms with Gasteiger partial charge in [0.1, 0.15) is 11.4 Å². The molecule has 2 aromatic carbocycles. The molecule has 5 heteroatoms. The van der Waals surface area contributed by atoms with Crippen LogP contribution in [0.4, 0.5) is 0 Å². The minimum absolute atomic E-state index is 0.165. The van der Waals surface area contributed by atoms with Crippen LogP contribution in [0.5, 0.6) is 5.75 Å². The molecule has 0 radical (unpaired) electrons. The Morgan fingerprint density at radius 3 is 2.40 bits per heavy atom. The molecule has 2 heterocycles. The van der Waals surface area contributed by atoms with E-state index >= 15 is 0 Å². The number of ether oxygens (including phenoxy) is 1. The third-order valence-electron chi connectivity index (χ3n) is 5.96. The highest BCUT2D eigenvalue weighted by Crippen LogP contribution is 2.34. The van der Waals surface area contributed by atoms with Crippen LogP contribution in [-0.4, -0.2) is 48.4 Å². The summed E-state index contributed by atoms with van der Waals surface area (Å²) in [6.07, 6.45) is 2.82. The third kappa shape index (κ3) is 3.97. The number of likely N-dealkylation sites (tertiary alicyclic amines) is 1. The molecule has 0 N–H and O–H groups in total. The van der Waals surface area contributed by atoms with Crippen LogP contribution in [0, 0.1) is 5.92 Å². The topological polar surface area (TPSA) is 49.9 Å². The van der Waals surface area contributed by atoms with Gasteiger partial charge in [0.25, 0.3) is 11.8 Å². The van der Waals surface area contributed by atoms with Gasteiger partial charge in [0.15, 0.2) is 0 Å². The van der Waals surface area contributed by atoms with Crippen molar-refractivity contribution in [2.75, 3.05) is 26.7 Å². The standard InChI is InChI=1S/C25H28N2O3/c1-18-7-6-15-26(17-18)23-22(20-8-4-3-5-9-20)24(28)27(25(23)29)16-14-19-10-12-21(30-2)13-11-19/h3-5,8-13,18H,6-7,14-17H2,1-2H3. The first-order valence-electron chi connectivity index (χ1n) is 10.6. The zero-order valence-corrected chi connectivity index (χ0v) is 17.6. The molecule has 1 atom stereocenters. The van der Waals surface area contributed by atoms with Crippen molar-refractivity contribution in [3.05, 3.63) is 71.4 Å². The lowest BCUT2D eigenvalue weighted by Crippen LogP contribution is -2.39. The number of carbonyl (C=O) groups excluding carboxylic acids is 2. The number of piperidine rings is 1. The molecule has 0 aromatic heterocycles. The van der Waals surface area contributed by atoms with Gasteiger partial charge in [0.2, 0.25) is 0 Å². The second-order valence-electron chi connectivity index (χ2n) is 8.14. The molecule has 2 aromatic rings. The van der Waals surface area contributed by atoms with Crippen LogP contribution in [0.3, 0.4) is 0 Å². The predicted octanol–water partition coefficient (Wildman–Crippen LogP) is 3.75. The van der Waals surface area contributed by atoms with Crippen molar-refractivity contribution in [1.29, 1.82) is 0 Å². The monoisotopic (exact) mass is 404 g/mol. The number of methoxy groups -OCH3 is 1. The largest absolute Gasteiger partial charge is 0.497 e. The van der Waals surface area contributed by atoms with E-state index in [1.807, 2.05) is 54.6 Å². The zero-order chi connectivity index (χ0) is 21.1. The van der Waals surface area contributed by atoms with E-state index in [-0.39, 0.29) is 11.8 Å². The molecule has 2 amide bonds. The van der Waals surface area contributed by atoms with Crippen molar-refractivity contribution in [3.63, 3.8) is 0 Å². The van der Waals surface area contributed by atoms with E-state index < -0.39 is 0 Å². The Labute approximate surface area is 177 Å². The Kier molecular flexibility index (Phi) is 5.88. The molecule has 0 bridgehead atoms. The van der Waals surface area contributed by atoms with Gasteiger partial charge < -0.3 is 9.64 Å². The number of rotatable bonds is 6. The third-order valence-corrected chi connectivity index (χ3v) is 5.96. The van der Waals surface area contributed by atoms with Crippen molar-refractivity contribution in [2.24, 2.45) is 5.92 Å². The minimum atomic E-state index is -0.187. The second-order valence-corrected chi connectivity index (χ2v) is 8.14. The van der Waals surface area contributed by atoms with Gasteiger partial charge in [0, 0.05) is 19.6 Å². The van der Waals surface area contributed by atoms with Gasteiger partial charge in [-0.15, -0.1) is 0 Å². The van der Waals surface area contributed by atoms with Crippen LogP contribution in [0.15, 0.2) is 60.3 Å². The summed E-state index contributed by atoms with van der Waals surface area (Å²) in [6.45, 7) is 4.21. The molecule has 0 spiro atoms. The van der Waals surface area contributed by atoms with E-state index in [2.05, 4.69) is 11.8 Å². The van der Waals surface area contributed by atoms with Crippen LogP contribution < -0.4 is 4.74 Å². The number of amides is 2. The van der Waals surface area contributed by atoms with Crippen LogP contribution in [0.2, 0.25) is 0 Å². The quantitative estimate of drug-likeness (QED) is 0.688. The molecule has 5 nitrogen and oxygen atoms in total. The van der Waals surface area contributed by atoms with Crippen molar-refractivity contribution < 1.29 is 14.3 Å². The van der Waals surface area contributed by atoms with Gasteiger partial charge in [0.05, 0.1) is 12.7 Å². The van der Waals surface area contributed by atoms with Gasteiger partial charge in [-0.25, -0.2) is 0 Å². The van der Waals surface area contributed by atoms with E-state index in [1.54, 1.807) is 7.11 Å². The highest BCUT2D eigenvalue weighted by Gasteiger charge is 2.41. The van der Waals surface area contributed by atoms with Crippen molar-refractivity contribution in [3.8, 4) is 5.75 Å². The molecule has 0 aliphatic carbocycles. The molecule has 156 valence electrons. The Morgan fingerprint density at radius 1 is 1.00 bits per heavy atom. The van der Waals surface area contributed by atoms with Gasteiger partial charge >= 0.3 is 0 Å². The van der Waals surface area contributed by atoms with E-state index in [1.165, 1.54) is 4.90 Å². The summed E-state index contributed by atoms with van der Waals surface area (Å²) >= 11 is 0. The second kappa shape index (κ2) is 8.74. The first kappa shape index (κ1) is 20.2. The summed E-state index contributed by atoms with van der Waals surface area (Å²) in [5.41, 5.74) is 3.01. The molecular formula is C25H28N2O3. The Hall–Kier alpha value is -3.08. The maximum absolute atomic E-state index is 13.4. The van der Waals surface area contributed by atoms with E-state index in [9.17, 15) is 9.59 Å². The molecule has 0 saturated carbocycles. The lowest BCUT2D eigenvalue weighted by molar-refractivity contribution is -0.137. The van der Waals surface area contributed by atoms with Crippen LogP contribution in [0.1, 0.15) is 30.9 Å². The molecule has 30 heavy (non-hydrogen) atoms. The summed E-state index contributed by atoms with van der Waals surface area (Å²) < 4.78 is 5.20. The van der Waals surface area contributed by atoms with E-state index in [4.69, 9.17) is 4.74 Å². The summed E-state index contributed by atoms with van der Waals surface area (Å²) in [4.78, 5) is 30.3. The van der Waals surface area contributed by atoms with Crippen molar-refractivity contribution in [1.82, 2.24) is 9.80 Å². The number of hydrogen-bond donors (Lipinski definition) is 0. The van der Waals surface area contributed by atoms with Gasteiger partial charge in [-0.05, 0) is 48.4 Å². The predicted molar refractivity (Wildman–Crippen MR) is 117 cm³/mol. The van der Waals surface area contributed by atoms with E-state index in [0.717, 1.165) is 42.8 Å². The van der Waals surface area contributed by atoms with Crippen LogP contribution in [0.25, 0.3) is 5.57 Å². The number of nitrogens with zero attached hydrogens (tertiary/aromatic N) is 2. The van der Waals surface area contributed by atoms with Crippen LogP contribution >= 0.6 is 0 Å². The summed E-state index contributed by atoms with van der Waals surface area (Å²) in [5, 5.41) is 0. The molecule has 2 aliphatic rings. The molecule has 2 aliphatic heterocycles. The lowest BCUT2D eigenvalue weighted by atomic mass is 9.98. The number of imide groups is 1. The fourth-order valence-corrected chi connectivity index (χ4v) is 4.35. The average molecular weight is 405 g/mol. The summed E-state index contributed by atoms with van der Waals surface area (Å²) in [7, 11) is 1.64. The highest BCUT2D eigenvalue weighted by molar-refractivity contribution is 6.35. The van der Waals surface area contributed by atoms with Crippen molar-refractivity contribution in [2.45, 2.75) is 26.2 Å². The maximum Gasteiger partial charge on any atom is 0.277 e. The molecule has 1 fully saturated rings. The maximum atomic E-state index is 13.4.